The SMILES string of the molecule is C=CN/C=C(\C=C(/C)NC(=O)CC(C)C)c1cc(-c2cscc2-c2nccc3[nH]c(C(=N)c4nc(C(=C/C5CC5=C)/C(C)=C\C)ccc4N)nc23)c2[nH]nc(-c3nc4c(-c5ccsc5)nccc4[nH]3)c2n1. The third-order valence-corrected chi connectivity index (χ3v) is 13.7. The summed E-state index contributed by atoms with van der Waals surface area (Å²) in [6, 6.07) is 11.5. The molecule has 1 fully saturated rings. The highest BCUT2D eigenvalue weighted by Gasteiger charge is 2.28. The molecule has 0 aliphatic heterocycles. The normalized spacial score (nSPS) is 14.6. The molecule has 0 spiro atoms. The number of hydrogen-bond acceptors (Lipinski definition) is 13. The molecule has 10 rings (SSSR count). The molecule has 354 valence electrons. The number of imidazole rings is 2. The molecule has 0 saturated heterocycles. The highest BCUT2D eigenvalue weighted by molar-refractivity contribution is 7.09. The average molecular weight is 975 g/mol. The van der Waals surface area contributed by atoms with Crippen LogP contribution in [0.15, 0.2) is 131 Å². The van der Waals surface area contributed by atoms with Gasteiger partial charge in [-0.3, -0.25) is 25.3 Å². The molecule has 1 aliphatic rings. The van der Waals surface area contributed by atoms with E-state index in [1.54, 1.807) is 42.2 Å². The standard InChI is InChI=1S/C54H50N14OS2/c1-8-28(5)34(21-32-19-29(32)6)39-11-10-38(55)48(61-39)44(56)53-63-41-13-16-59-46(50(41)65-53)37-26-71-25-36(37)35-22-42(33(23-57-9-2)20-30(7)60-43(69)18-27(3)4)62-51-47(35)67-68-52(51)54-64-40-12-15-58-45(49(40)66-54)31-14-17-70-24-31/h8-17,20-27,32,56-57H,2,6,18-19,55H2,1,3-5,7H3,(H,60,69)(H,63,65)(H,64,66)(H,67,68)/b28-8-,30-20+,33-23+,34-21+,56-44?. The fraction of sp³-hybridized carbons (Fsp3) is 0.167. The van der Waals surface area contributed by atoms with Crippen molar-refractivity contribution < 1.29 is 4.79 Å². The second-order valence-corrected chi connectivity index (χ2v) is 19.3. The summed E-state index contributed by atoms with van der Waals surface area (Å²) in [6.45, 7) is 18.0. The number of H-pyrrole nitrogens is 3. The van der Waals surface area contributed by atoms with Gasteiger partial charge in [0.25, 0.3) is 0 Å². The number of anilines is 1. The molecule has 0 radical (unpaired) electrons. The van der Waals surface area contributed by atoms with Crippen LogP contribution in [0.2, 0.25) is 0 Å². The minimum atomic E-state index is -0.0803. The van der Waals surface area contributed by atoms with E-state index in [4.69, 9.17) is 35.8 Å². The van der Waals surface area contributed by atoms with Gasteiger partial charge in [0.15, 0.2) is 17.3 Å². The van der Waals surface area contributed by atoms with E-state index in [2.05, 4.69) is 68.3 Å². The Bertz CT molecular complexity index is 3730. The molecule has 8 N–H and O–H groups in total. The number of hydrogen-bond donors (Lipinski definition) is 7. The molecule has 71 heavy (non-hydrogen) atoms. The zero-order valence-corrected chi connectivity index (χ0v) is 41.4. The third-order valence-electron chi connectivity index (χ3n) is 12.3. The van der Waals surface area contributed by atoms with Crippen molar-refractivity contribution in [2.24, 2.45) is 11.8 Å². The lowest BCUT2D eigenvalue weighted by Crippen LogP contribution is -2.22. The van der Waals surface area contributed by atoms with Gasteiger partial charge in [-0.1, -0.05) is 44.7 Å². The van der Waals surface area contributed by atoms with Crippen LogP contribution in [0, 0.1) is 17.2 Å². The van der Waals surface area contributed by atoms with Gasteiger partial charge < -0.3 is 26.3 Å². The summed E-state index contributed by atoms with van der Waals surface area (Å²) >= 11 is 3.11. The number of aromatic nitrogens is 10. The lowest BCUT2D eigenvalue weighted by molar-refractivity contribution is -0.121. The van der Waals surface area contributed by atoms with Crippen molar-refractivity contribution in [3.63, 3.8) is 0 Å². The number of nitrogen functional groups attached to an aromatic ring is 1. The number of pyridine rings is 4. The van der Waals surface area contributed by atoms with Gasteiger partial charge in [0.2, 0.25) is 5.91 Å². The molecular weight excluding hydrogens is 925 g/mol. The number of amides is 1. The number of allylic oxidation sites excluding steroid dienone is 8. The molecule has 9 aromatic heterocycles. The van der Waals surface area contributed by atoms with Gasteiger partial charge in [0.1, 0.15) is 28.0 Å². The summed E-state index contributed by atoms with van der Waals surface area (Å²) in [5.74, 6) is 1.22. The molecule has 9 heterocycles. The lowest BCUT2D eigenvalue weighted by atomic mass is 9.98. The van der Waals surface area contributed by atoms with Crippen molar-refractivity contribution in [3.05, 3.63) is 154 Å². The average Bonchev–Trinajstić information content (AvgIpc) is 4.09. The number of rotatable bonds is 16. The number of fused-ring (bicyclic) bond motifs is 3. The first-order valence-electron chi connectivity index (χ1n) is 23.0. The zero-order valence-electron chi connectivity index (χ0n) is 39.7. The number of carbonyl (C=O) groups is 1. The Morgan fingerprint density at radius 1 is 0.915 bits per heavy atom. The topological polar surface area (TPSA) is 229 Å². The van der Waals surface area contributed by atoms with E-state index in [0.29, 0.717) is 91.3 Å². The van der Waals surface area contributed by atoms with Crippen LogP contribution in [0.5, 0.6) is 0 Å². The summed E-state index contributed by atoms with van der Waals surface area (Å²) in [5.41, 5.74) is 22.4. The molecular formula is C54H50N14OS2. The number of nitrogens with one attached hydrogen (secondary N) is 6. The predicted octanol–water partition coefficient (Wildman–Crippen LogP) is 11.8. The Kier molecular flexibility index (Phi) is 12.5. The molecule has 1 aliphatic carbocycles. The fourth-order valence-electron chi connectivity index (χ4n) is 8.48. The second-order valence-electron chi connectivity index (χ2n) is 17.8. The Balaban J connectivity index is 1.10. The van der Waals surface area contributed by atoms with Gasteiger partial charge >= 0.3 is 0 Å². The van der Waals surface area contributed by atoms with Gasteiger partial charge in [0, 0.05) is 75.2 Å². The quantitative estimate of drug-likeness (QED) is 0.0275. The Morgan fingerprint density at radius 2 is 1.68 bits per heavy atom. The van der Waals surface area contributed by atoms with Crippen LogP contribution in [-0.4, -0.2) is 61.7 Å². The van der Waals surface area contributed by atoms with Crippen molar-refractivity contribution in [2.45, 2.75) is 47.5 Å². The van der Waals surface area contributed by atoms with Crippen molar-refractivity contribution >= 4 is 84.2 Å². The largest absolute Gasteiger partial charge is 0.397 e. The minimum absolute atomic E-state index is 0.0517. The van der Waals surface area contributed by atoms with Gasteiger partial charge in [-0.25, -0.2) is 19.9 Å². The fourth-order valence-corrected chi connectivity index (χ4v) is 9.95. The molecule has 15 nitrogen and oxygen atoms in total. The van der Waals surface area contributed by atoms with Crippen LogP contribution in [0.25, 0.3) is 89.4 Å². The summed E-state index contributed by atoms with van der Waals surface area (Å²) in [7, 11) is 0. The number of aromatic amines is 3. The summed E-state index contributed by atoms with van der Waals surface area (Å²) in [5, 5.41) is 32.0. The van der Waals surface area contributed by atoms with Crippen LogP contribution in [-0.2, 0) is 4.79 Å². The molecule has 1 amide bonds. The first-order valence-corrected chi connectivity index (χ1v) is 24.9. The van der Waals surface area contributed by atoms with E-state index in [9.17, 15) is 10.2 Å². The van der Waals surface area contributed by atoms with E-state index < -0.39 is 0 Å². The van der Waals surface area contributed by atoms with E-state index in [-0.39, 0.29) is 17.5 Å². The first-order chi connectivity index (χ1) is 34.4. The predicted molar refractivity (Wildman–Crippen MR) is 288 cm³/mol. The summed E-state index contributed by atoms with van der Waals surface area (Å²) in [4.78, 5) is 49.7. The maximum atomic E-state index is 12.9. The van der Waals surface area contributed by atoms with E-state index >= 15 is 0 Å². The smallest absolute Gasteiger partial charge is 0.224 e. The summed E-state index contributed by atoms with van der Waals surface area (Å²) in [6.07, 6.45) is 14.3. The Hall–Kier alpha value is -8.41. The third kappa shape index (κ3) is 9.15. The maximum absolute atomic E-state index is 12.9. The Labute approximate surface area is 417 Å². The number of carbonyl (C=O) groups excluding carboxylic acids is 1. The molecule has 0 aromatic carbocycles. The number of nitrogens with two attached hydrogens (primary N) is 1. The van der Waals surface area contributed by atoms with E-state index in [1.807, 2.05) is 80.2 Å². The van der Waals surface area contributed by atoms with Gasteiger partial charge in [-0.2, -0.15) is 27.8 Å². The van der Waals surface area contributed by atoms with Crippen molar-refractivity contribution in [2.75, 3.05) is 5.73 Å². The van der Waals surface area contributed by atoms with Crippen LogP contribution in [0.4, 0.5) is 5.69 Å². The minimum Gasteiger partial charge on any atom is -0.397 e. The highest BCUT2D eigenvalue weighted by atomic mass is 32.1. The van der Waals surface area contributed by atoms with Crippen LogP contribution >= 0.6 is 22.7 Å². The van der Waals surface area contributed by atoms with Gasteiger partial charge in [-0.05, 0) is 104 Å². The van der Waals surface area contributed by atoms with Crippen LogP contribution in [0.1, 0.15) is 70.4 Å². The number of thiophene rings is 2. The second kappa shape index (κ2) is 19.2. The van der Waals surface area contributed by atoms with Gasteiger partial charge in [-0.15, -0.1) is 0 Å². The number of nitrogens with zero attached hydrogens (tertiary/aromatic N) is 7. The van der Waals surface area contributed by atoms with Crippen molar-refractivity contribution in [1.29, 1.82) is 5.41 Å². The molecule has 1 atom stereocenters. The van der Waals surface area contributed by atoms with Crippen molar-refractivity contribution in [1.82, 2.24) is 60.7 Å². The van der Waals surface area contributed by atoms with Crippen LogP contribution in [0.3, 0.4) is 0 Å². The highest BCUT2D eigenvalue weighted by Crippen LogP contribution is 2.43. The monoisotopic (exact) mass is 974 g/mol. The zero-order chi connectivity index (χ0) is 49.5. The first kappa shape index (κ1) is 46.3. The maximum Gasteiger partial charge on any atom is 0.224 e. The van der Waals surface area contributed by atoms with Gasteiger partial charge in [0.05, 0.1) is 45.0 Å². The molecule has 9 aromatic rings. The van der Waals surface area contributed by atoms with Crippen molar-refractivity contribution in [3.8, 4) is 45.2 Å². The molecule has 1 saturated carbocycles. The molecule has 17 heteroatoms. The summed E-state index contributed by atoms with van der Waals surface area (Å²) < 4.78 is 0. The lowest BCUT2D eigenvalue weighted by Gasteiger charge is -2.12. The van der Waals surface area contributed by atoms with E-state index in [0.717, 1.165) is 56.7 Å². The Morgan fingerprint density at radius 3 is 2.41 bits per heavy atom. The van der Waals surface area contributed by atoms with E-state index in [1.165, 1.54) is 16.9 Å². The molecule has 0 bridgehead atoms. The van der Waals surface area contributed by atoms with Crippen LogP contribution < -0.4 is 16.4 Å². The molecule has 1 unspecified atom stereocenters.